The maximum Gasteiger partial charge on any atom is 0.338 e. The first-order chi connectivity index (χ1) is 18.6. The molecule has 0 radical (unpaired) electrons. The van der Waals surface area contributed by atoms with Crippen LogP contribution in [0.25, 0.3) is 0 Å². The summed E-state index contributed by atoms with van der Waals surface area (Å²) in [6.07, 6.45) is 1.54. The Bertz CT molecular complexity index is 1580. The average molecular weight is 610 g/mol. The van der Waals surface area contributed by atoms with Crippen LogP contribution in [0.4, 0.5) is 5.69 Å². The van der Waals surface area contributed by atoms with Crippen LogP contribution in [0.3, 0.4) is 0 Å². The van der Waals surface area contributed by atoms with Gasteiger partial charge in [0.2, 0.25) is 15.9 Å². The number of esters is 1. The van der Waals surface area contributed by atoms with Crippen molar-refractivity contribution in [1.82, 2.24) is 14.5 Å². The smallest absolute Gasteiger partial charge is 0.338 e. The van der Waals surface area contributed by atoms with E-state index in [1.807, 2.05) is 0 Å². The van der Waals surface area contributed by atoms with Gasteiger partial charge in [-0.25, -0.2) is 22.6 Å². The number of halogens is 2. The highest BCUT2D eigenvalue weighted by molar-refractivity contribution is 7.89. The number of carbonyl (C=O) groups excluding carboxylic acids is 2. The molecule has 40 heavy (non-hydrogen) atoms. The third-order valence-corrected chi connectivity index (χ3v) is 8.04. The van der Waals surface area contributed by atoms with Crippen LogP contribution in [0.5, 0.6) is 0 Å². The number of aromatic nitrogens is 2. The SMILES string of the molecule is Cc1ccc(NC(=O)[C@H](C)n2ncc(Cl)c(Cl)c2=O)cc1S(=O)(=O)NCCc1ccc(C(=O)OC(C)(C)C)cc1. The molecule has 0 fully saturated rings. The Labute approximate surface area is 242 Å². The number of nitrogens with one attached hydrogen (secondary N) is 2. The highest BCUT2D eigenvalue weighted by Gasteiger charge is 2.22. The number of hydrogen-bond acceptors (Lipinski definition) is 7. The molecule has 10 nitrogen and oxygen atoms in total. The summed E-state index contributed by atoms with van der Waals surface area (Å²) in [7, 11) is -3.93. The Balaban J connectivity index is 1.66. The number of ether oxygens (including phenoxy) is 1. The second kappa shape index (κ2) is 12.5. The molecule has 2 aromatic carbocycles. The van der Waals surface area contributed by atoms with Gasteiger partial charge in [0, 0.05) is 12.2 Å². The fourth-order valence-corrected chi connectivity index (χ4v) is 5.14. The lowest BCUT2D eigenvalue weighted by Gasteiger charge is -2.19. The van der Waals surface area contributed by atoms with Crippen LogP contribution in [-0.4, -0.2) is 42.2 Å². The van der Waals surface area contributed by atoms with Crippen LogP contribution in [0.15, 0.2) is 58.4 Å². The molecule has 0 aliphatic carbocycles. The van der Waals surface area contributed by atoms with Gasteiger partial charge in [0.1, 0.15) is 16.7 Å². The van der Waals surface area contributed by atoms with Gasteiger partial charge in [0.05, 0.1) is 21.7 Å². The number of anilines is 1. The second-order valence-electron chi connectivity index (χ2n) is 10.0. The van der Waals surface area contributed by atoms with E-state index in [-0.39, 0.29) is 27.2 Å². The molecule has 0 unspecified atom stereocenters. The lowest BCUT2D eigenvalue weighted by molar-refractivity contribution is -0.119. The standard InChI is InChI=1S/C27H30Cl2N4O6S/c1-16-6-11-20(32-24(34)17(2)33-25(35)23(29)21(28)15-30-33)14-22(16)40(37,38)31-13-12-18-7-9-19(10-8-18)26(36)39-27(3,4)5/h6-11,14-15,17,31H,12-13H2,1-5H3,(H,32,34)/t17-/m0/s1. The van der Waals surface area contributed by atoms with E-state index < -0.39 is 39.1 Å². The van der Waals surface area contributed by atoms with Crippen molar-refractivity contribution in [2.24, 2.45) is 0 Å². The number of hydrogen-bond donors (Lipinski definition) is 2. The summed E-state index contributed by atoms with van der Waals surface area (Å²) in [6.45, 7) is 8.55. The molecular weight excluding hydrogens is 579 g/mol. The highest BCUT2D eigenvalue weighted by Crippen LogP contribution is 2.22. The number of nitrogens with zero attached hydrogens (tertiary/aromatic N) is 2. The molecule has 0 saturated heterocycles. The first kappa shape index (κ1) is 31.3. The Morgan fingerprint density at radius 2 is 1.75 bits per heavy atom. The van der Waals surface area contributed by atoms with Crippen molar-refractivity contribution in [3.05, 3.63) is 85.8 Å². The average Bonchev–Trinajstić information content (AvgIpc) is 2.87. The molecule has 3 aromatic rings. The quantitative estimate of drug-likeness (QED) is 0.340. The van der Waals surface area contributed by atoms with Crippen LogP contribution in [0.2, 0.25) is 10.0 Å². The van der Waals surface area contributed by atoms with Crippen molar-refractivity contribution in [1.29, 1.82) is 0 Å². The summed E-state index contributed by atoms with van der Waals surface area (Å²) in [5.74, 6) is -1.04. The largest absolute Gasteiger partial charge is 0.456 e. The maximum atomic E-state index is 13.1. The van der Waals surface area contributed by atoms with Gasteiger partial charge in [0.25, 0.3) is 5.56 Å². The number of rotatable bonds is 9. The molecule has 0 aliphatic rings. The van der Waals surface area contributed by atoms with Gasteiger partial charge >= 0.3 is 5.97 Å². The number of aryl methyl sites for hydroxylation is 1. The monoisotopic (exact) mass is 608 g/mol. The molecule has 3 rings (SSSR count). The Hall–Kier alpha value is -3.25. The number of sulfonamides is 1. The molecule has 214 valence electrons. The van der Waals surface area contributed by atoms with E-state index in [0.29, 0.717) is 17.5 Å². The van der Waals surface area contributed by atoms with Crippen molar-refractivity contribution in [3.63, 3.8) is 0 Å². The van der Waals surface area contributed by atoms with Crippen LogP contribution in [0.1, 0.15) is 55.2 Å². The first-order valence-electron chi connectivity index (χ1n) is 12.3. The fourth-order valence-electron chi connectivity index (χ4n) is 3.58. The summed E-state index contributed by atoms with van der Waals surface area (Å²) >= 11 is 11.7. The molecule has 2 N–H and O–H groups in total. The summed E-state index contributed by atoms with van der Waals surface area (Å²) < 4.78 is 34.9. The van der Waals surface area contributed by atoms with Gasteiger partial charge in [-0.05, 0) is 76.4 Å². The van der Waals surface area contributed by atoms with Crippen molar-refractivity contribution in [2.75, 3.05) is 11.9 Å². The summed E-state index contributed by atoms with van der Waals surface area (Å²) in [6, 6.07) is 10.2. The number of carbonyl (C=O) groups is 2. The van der Waals surface area contributed by atoms with E-state index in [1.165, 1.54) is 13.0 Å². The van der Waals surface area contributed by atoms with E-state index in [1.54, 1.807) is 64.1 Å². The van der Waals surface area contributed by atoms with Crippen LogP contribution >= 0.6 is 23.2 Å². The molecule has 0 spiro atoms. The zero-order valence-corrected chi connectivity index (χ0v) is 24.9. The normalized spacial score (nSPS) is 12.6. The zero-order valence-electron chi connectivity index (χ0n) is 22.6. The van der Waals surface area contributed by atoms with Gasteiger partial charge in [-0.2, -0.15) is 5.10 Å². The topological polar surface area (TPSA) is 136 Å². The fraction of sp³-hybridized carbons (Fsp3) is 0.333. The highest BCUT2D eigenvalue weighted by atomic mass is 35.5. The molecule has 1 aromatic heterocycles. The lowest BCUT2D eigenvalue weighted by Crippen LogP contribution is -2.33. The van der Waals surface area contributed by atoms with Crippen molar-refractivity contribution < 1.29 is 22.7 Å². The Kier molecular flexibility index (Phi) is 9.78. The van der Waals surface area contributed by atoms with E-state index in [2.05, 4.69) is 15.1 Å². The summed E-state index contributed by atoms with van der Waals surface area (Å²) in [5.41, 5.74) is 0.589. The van der Waals surface area contributed by atoms with Crippen LogP contribution in [-0.2, 0) is 26.0 Å². The van der Waals surface area contributed by atoms with E-state index in [4.69, 9.17) is 27.9 Å². The number of benzene rings is 2. The first-order valence-corrected chi connectivity index (χ1v) is 14.5. The van der Waals surface area contributed by atoms with E-state index in [9.17, 15) is 22.8 Å². The molecule has 0 aliphatic heterocycles. The summed E-state index contributed by atoms with van der Waals surface area (Å²) in [4.78, 5) is 37.3. The minimum atomic E-state index is -3.93. The van der Waals surface area contributed by atoms with Gasteiger partial charge in [-0.1, -0.05) is 41.4 Å². The van der Waals surface area contributed by atoms with Gasteiger partial charge in [-0.15, -0.1) is 0 Å². The summed E-state index contributed by atoms with van der Waals surface area (Å²) in [5, 5.41) is 6.17. The molecule has 1 amide bonds. The van der Waals surface area contributed by atoms with Crippen LogP contribution < -0.4 is 15.6 Å². The third kappa shape index (κ3) is 7.91. The van der Waals surface area contributed by atoms with Gasteiger partial charge in [-0.3, -0.25) is 9.59 Å². The predicted molar refractivity (Wildman–Crippen MR) is 154 cm³/mol. The minimum Gasteiger partial charge on any atom is -0.456 e. The minimum absolute atomic E-state index is 0.0111. The Morgan fingerprint density at radius 1 is 1.10 bits per heavy atom. The van der Waals surface area contributed by atoms with Crippen molar-refractivity contribution in [2.45, 2.75) is 57.6 Å². The lowest BCUT2D eigenvalue weighted by atomic mass is 10.1. The molecule has 0 bridgehead atoms. The van der Waals surface area contributed by atoms with Gasteiger partial charge < -0.3 is 10.1 Å². The van der Waals surface area contributed by atoms with E-state index in [0.717, 1.165) is 16.4 Å². The second-order valence-corrected chi connectivity index (χ2v) is 12.6. The molecule has 1 heterocycles. The molecule has 1 atom stereocenters. The molecule has 0 saturated carbocycles. The van der Waals surface area contributed by atoms with Crippen molar-refractivity contribution in [3.8, 4) is 0 Å². The zero-order chi connectivity index (χ0) is 29.8. The van der Waals surface area contributed by atoms with Crippen LogP contribution in [0, 0.1) is 6.92 Å². The van der Waals surface area contributed by atoms with Gasteiger partial charge in [0.15, 0.2) is 0 Å². The Morgan fingerprint density at radius 3 is 2.38 bits per heavy atom. The molecule has 13 heteroatoms. The predicted octanol–water partition coefficient (Wildman–Crippen LogP) is 4.53. The maximum absolute atomic E-state index is 13.1. The number of amides is 1. The van der Waals surface area contributed by atoms with E-state index >= 15 is 0 Å². The molecular formula is C27H30Cl2N4O6S. The van der Waals surface area contributed by atoms with Crippen molar-refractivity contribution >= 4 is 50.8 Å². The third-order valence-electron chi connectivity index (χ3n) is 5.69.